The molecule has 160 valence electrons. The van der Waals surface area contributed by atoms with Gasteiger partial charge in [0.05, 0.1) is 13.7 Å². The van der Waals surface area contributed by atoms with Gasteiger partial charge in [-0.3, -0.25) is 4.79 Å². The van der Waals surface area contributed by atoms with Gasteiger partial charge in [0, 0.05) is 28.7 Å². The van der Waals surface area contributed by atoms with E-state index < -0.39 is 29.7 Å². The van der Waals surface area contributed by atoms with Gasteiger partial charge in [0.2, 0.25) is 5.91 Å². The topological polar surface area (TPSA) is 105 Å². The first-order valence-corrected chi connectivity index (χ1v) is 10.8. The van der Waals surface area contributed by atoms with Crippen LogP contribution in [0.5, 0.6) is 5.75 Å². The van der Waals surface area contributed by atoms with Crippen LogP contribution >= 0.6 is 11.3 Å². The van der Waals surface area contributed by atoms with Gasteiger partial charge in [0.1, 0.15) is 16.3 Å². The van der Waals surface area contributed by atoms with Crippen LogP contribution in [0.15, 0.2) is 29.6 Å². The second-order valence-corrected chi connectivity index (χ2v) is 7.99. The molecule has 1 aliphatic rings. The molecule has 0 spiro atoms. The lowest BCUT2D eigenvalue weighted by Crippen LogP contribution is -2.42. The molecule has 8 heteroatoms. The van der Waals surface area contributed by atoms with E-state index in [2.05, 4.69) is 5.32 Å². The van der Waals surface area contributed by atoms with Crippen molar-refractivity contribution in [1.29, 1.82) is 0 Å². The minimum Gasteiger partial charge on any atom is -0.550 e. The second-order valence-electron chi connectivity index (χ2n) is 7.11. The van der Waals surface area contributed by atoms with Gasteiger partial charge in [0.15, 0.2) is 0 Å². The summed E-state index contributed by atoms with van der Waals surface area (Å²) in [7, 11) is 1.57. The van der Waals surface area contributed by atoms with Crippen molar-refractivity contribution in [2.75, 3.05) is 19.0 Å². The minimum absolute atomic E-state index is 0.194. The van der Waals surface area contributed by atoms with E-state index >= 15 is 0 Å². The number of esters is 1. The fraction of sp³-hybridized carbons (Fsp3) is 0.409. The molecule has 0 aliphatic heterocycles. The van der Waals surface area contributed by atoms with E-state index in [4.69, 9.17) is 9.47 Å². The number of methoxy groups -OCH3 is 1. The fourth-order valence-corrected chi connectivity index (χ4v) is 4.73. The number of carboxylic acid groups (broad SMARTS) is 1. The monoisotopic (exact) mass is 430 g/mol. The van der Waals surface area contributed by atoms with Crippen LogP contribution in [-0.4, -0.2) is 31.6 Å². The van der Waals surface area contributed by atoms with Gasteiger partial charge in [-0.2, -0.15) is 0 Å². The first-order chi connectivity index (χ1) is 14.5. The molecule has 1 aromatic carbocycles. The van der Waals surface area contributed by atoms with Gasteiger partial charge in [-0.25, -0.2) is 4.79 Å². The van der Waals surface area contributed by atoms with Gasteiger partial charge in [-0.05, 0) is 37.5 Å². The predicted molar refractivity (Wildman–Crippen MR) is 111 cm³/mol. The smallest absolute Gasteiger partial charge is 0.341 e. The van der Waals surface area contributed by atoms with E-state index in [9.17, 15) is 19.5 Å². The summed E-state index contributed by atoms with van der Waals surface area (Å²) in [5.41, 5.74) is 1.68. The van der Waals surface area contributed by atoms with E-state index in [1.54, 1.807) is 31.5 Å². The first kappa shape index (κ1) is 21.8. The number of hydrogen-bond donors (Lipinski definition) is 1. The molecule has 1 fully saturated rings. The molecule has 1 aliphatic carbocycles. The number of thiophene rings is 1. The Morgan fingerprint density at radius 2 is 1.80 bits per heavy atom. The zero-order chi connectivity index (χ0) is 21.7. The van der Waals surface area contributed by atoms with Gasteiger partial charge in [-0.15, -0.1) is 11.3 Å². The molecule has 2 aromatic rings. The average Bonchev–Trinajstić information content (AvgIpc) is 3.17. The Labute approximate surface area is 179 Å². The molecule has 0 bridgehead atoms. The number of rotatable bonds is 7. The summed E-state index contributed by atoms with van der Waals surface area (Å²) in [6.07, 6.45) is 2.45. The number of nitrogens with one attached hydrogen (secondary N) is 1. The molecule has 0 saturated heterocycles. The Morgan fingerprint density at radius 1 is 1.13 bits per heavy atom. The van der Waals surface area contributed by atoms with Crippen LogP contribution in [0, 0.1) is 11.8 Å². The molecule has 0 unspecified atom stereocenters. The van der Waals surface area contributed by atoms with Crippen LogP contribution in [0.3, 0.4) is 0 Å². The van der Waals surface area contributed by atoms with Gasteiger partial charge >= 0.3 is 5.97 Å². The molecule has 3 rings (SSSR count). The van der Waals surface area contributed by atoms with Crippen molar-refractivity contribution < 1.29 is 29.0 Å². The Bertz CT molecular complexity index is 920. The summed E-state index contributed by atoms with van der Waals surface area (Å²) >= 11 is 1.21. The molecule has 1 heterocycles. The maximum Gasteiger partial charge on any atom is 0.341 e. The van der Waals surface area contributed by atoms with Crippen LogP contribution in [0.1, 0.15) is 43.0 Å². The molecule has 30 heavy (non-hydrogen) atoms. The third kappa shape index (κ3) is 4.64. The Kier molecular flexibility index (Phi) is 7.10. The summed E-state index contributed by atoms with van der Waals surface area (Å²) in [4.78, 5) is 37.0. The number of benzene rings is 1. The molecule has 1 N–H and O–H groups in total. The normalized spacial score (nSPS) is 18.5. The molecule has 1 aromatic heterocycles. The van der Waals surface area contributed by atoms with Crippen molar-refractivity contribution in [3.05, 3.63) is 35.2 Å². The highest BCUT2D eigenvalue weighted by molar-refractivity contribution is 7.15. The molecule has 1 amide bonds. The van der Waals surface area contributed by atoms with Crippen LogP contribution in [0.4, 0.5) is 5.00 Å². The zero-order valence-electron chi connectivity index (χ0n) is 16.9. The van der Waals surface area contributed by atoms with Crippen molar-refractivity contribution in [3.8, 4) is 16.9 Å². The van der Waals surface area contributed by atoms with Crippen LogP contribution in [-0.2, 0) is 14.3 Å². The van der Waals surface area contributed by atoms with Gasteiger partial charge in [0.25, 0.3) is 0 Å². The predicted octanol–water partition coefficient (Wildman–Crippen LogP) is 3.10. The number of amides is 1. The summed E-state index contributed by atoms with van der Waals surface area (Å²) in [6.45, 7) is 1.90. The largest absolute Gasteiger partial charge is 0.550 e. The number of hydrogen-bond acceptors (Lipinski definition) is 7. The van der Waals surface area contributed by atoms with Crippen LogP contribution in [0.2, 0.25) is 0 Å². The summed E-state index contributed by atoms with van der Waals surface area (Å²) < 4.78 is 10.4. The van der Waals surface area contributed by atoms with Crippen LogP contribution < -0.4 is 15.2 Å². The first-order valence-electron chi connectivity index (χ1n) is 9.91. The summed E-state index contributed by atoms with van der Waals surface area (Å²) in [5, 5.41) is 16.4. The summed E-state index contributed by atoms with van der Waals surface area (Å²) in [5.74, 6) is -2.95. The highest BCUT2D eigenvalue weighted by Crippen LogP contribution is 2.38. The van der Waals surface area contributed by atoms with Crippen molar-refractivity contribution in [1.82, 2.24) is 0 Å². The maximum atomic E-state index is 12.9. The lowest BCUT2D eigenvalue weighted by atomic mass is 9.79. The van der Waals surface area contributed by atoms with E-state index in [1.165, 1.54) is 11.3 Å². The lowest BCUT2D eigenvalue weighted by molar-refractivity contribution is -0.313. The number of carboxylic acids is 1. The Balaban J connectivity index is 1.92. The fourth-order valence-electron chi connectivity index (χ4n) is 3.77. The number of carbonyl (C=O) groups excluding carboxylic acids is 3. The number of ether oxygens (including phenoxy) is 2. The average molecular weight is 431 g/mol. The molecule has 0 radical (unpaired) electrons. The number of aliphatic carboxylic acids is 1. The molecule has 7 nitrogen and oxygen atoms in total. The number of carbonyl (C=O) groups is 3. The van der Waals surface area contributed by atoms with E-state index in [0.717, 1.165) is 18.4 Å². The molecule has 2 atom stereocenters. The maximum absolute atomic E-state index is 12.9. The van der Waals surface area contributed by atoms with Gasteiger partial charge < -0.3 is 24.7 Å². The minimum atomic E-state index is -1.20. The summed E-state index contributed by atoms with van der Waals surface area (Å²) in [6, 6.07) is 7.21. The van der Waals surface area contributed by atoms with Crippen molar-refractivity contribution in [2.24, 2.45) is 11.8 Å². The molecular formula is C22H24NO6S-. The second kappa shape index (κ2) is 9.75. The highest BCUT2D eigenvalue weighted by Gasteiger charge is 2.33. The van der Waals surface area contributed by atoms with Gasteiger partial charge in [-0.1, -0.05) is 25.0 Å². The third-order valence-electron chi connectivity index (χ3n) is 5.31. The van der Waals surface area contributed by atoms with E-state index in [1.807, 2.05) is 12.1 Å². The van der Waals surface area contributed by atoms with Crippen molar-refractivity contribution in [3.63, 3.8) is 0 Å². The third-order valence-corrected chi connectivity index (χ3v) is 6.21. The van der Waals surface area contributed by atoms with E-state index in [-0.39, 0.29) is 12.2 Å². The van der Waals surface area contributed by atoms with Crippen molar-refractivity contribution >= 4 is 34.2 Å². The van der Waals surface area contributed by atoms with Crippen molar-refractivity contribution in [2.45, 2.75) is 32.6 Å². The Hall–Kier alpha value is -2.87. The molecule has 1 saturated carbocycles. The van der Waals surface area contributed by atoms with Crippen LogP contribution in [0.25, 0.3) is 11.1 Å². The number of anilines is 1. The standard InChI is InChI=1S/C22H25NO6S/c1-3-29-22(27)18-17(13-8-10-14(28-2)11-9-13)12-30-20(18)23-19(24)15-6-4-5-7-16(15)21(25)26/h8-12,15-16H,3-7H2,1-2H3,(H,23,24)(H,25,26)/p-1/t15-,16-/m1/s1. The zero-order valence-corrected chi connectivity index (χ0v) is 17.8. The van der Waals surface area contributed by atoms with E-state index in [0.29, 0.717) is 29.2 Å². The Morgan fingerprint density at radius 3 is 2.40 bits per heavy atom. The highest BCUT2D eigenvalue weighted by atomic mass is 32.1. The lowest BCUT2D eigenvalue weighted by Gasteiger charge is -2.31. The SMILES string of the molecule is CCOC(=O)c1c(-c2ccc(OC)cc2)csc1NC(=O)[C@@H]1CCCC[C@H]1C(=O)[O-]. The quantitative estimate of drug-likeness (QED) is 0.677. The molecular weight excluding hydrogens is 406 g/mol.